The number of benzene rings is 1. The summed E-state index contributed by atoms with van der Waals surface area (Å²) in [5, 5.41) is 22.4. The van der Waals surface area contributed by atoms with Crippen LogP contribution in [0, 0.1) is 0 Å². The quantitative estimate of drug-likeness (QED) is 0.547. The predicted molar refractivity (Wildman–Crippen MR) is 99.7 cm³/mol. The number of carbonyl (C=O) groups excluding carboxylic acids is 1. The molecule has 27 heavy (non-hydrogen) atoms. The number of rotatable bonds is 6. The highest BCUT2D eigenvalue weighted by molar-refractivity contribution is 5.90. The number of hydrogen-bond acceptors (Lipinski definition) is 6. The molecular weight excluding hydrogens is 344 g/mol. The Hall–Kier alpha value is -4.01. The fourth-order valence-corrected chi connectivity index (χ4v) is 2.44. The lowest BCUT2D eigenvalue weighted by molar-refractivity contribution is -0.116. The summed E-state index contributed by atoms with van der Waals surface area (Å²) in [5.74, 6) is 1.11. The summed E-state index contributed by atoms with van der Waals surface area (Å²) in [6.45, 7) is 0.172. The number of nitrogens with one attached hydrogen (secondary N) is 2. The van der Waals surface area contributed by atoms with Gasteiger partial charge in [0.25, 0.3) is 0 Å². The van der Waals surface area contributed by atoms with Gasteiger partial charge in [-0.2, -0.15) is 10.2 Å². The Morgan fingerprint density at radius 3 is 2.33 bits per heavy atom. The van der Waals surface area contributed by atoms with E-state index in [0.717, 1.165) is 5.69 Å². The first-order valence-electron chi connectivity index (χ1n) is 8.24. The summed E-state index contributed by atoms with van der Waals surface area (Å²) in [7, 11) is 0. The van der Waals surface area contributed by atoms with Crippen molar-refractivity contribution in [3.63, 3.8) is 0 Å². The monoisotopic (exact) mass is 360 g/mol. The van der Waals surface area contributed by atoms with Gasteiger partial charge in [0, 0.05) is 36.2 Å². The molecule has 0 saturated heterocycles. The number of nitrogens with zero attached hydrogens (tertiary/aromatic N) is 6. The third kappa shape index (κ3) is 4.15. The molecule has 134 valence electrons. The molecule has 0 aliphatic rings. The van der Waals surface area contributed by atoms with Gasteiger partial charge >= 0.3 is 0 Å². The van der Waals surface area contributed by atoms with Crippen LogP contribution in [0.2, 0.25) is 0 Å². The molecule has 4 rings (SSSR count). The van der Waals surface area contributed by atoms with Crippen LogP contribution in [-0.2, 0) is 11.3 Å². The Labute approximate surface area is 154 Å². The number of amides is 1. The topological polar surface area (TPSA) is 103 Å². The van der Waals surface area contributed by atoms with Gasteiger partial charge in [-0.05, 0) is 48.5 Å². The van der Waals surface area contributed by atoms with Gasteiger partial charge in [0.05, 0.1) is 0 Å². The minimum Gasteiger partial charge on any atom is -0.339 e. The summed E-state index contributed by atoms with van der Waals surface area (Å²) >= 11 is 0. The maximum atomic E-state index is 12.0. The van der Waals surface area contributed by atoms with E-state index in [9.17, 15) is 4.79 Å². The molecule has 9 heteroatoms. The van der Waals surface area contributed by atoms with E-state index in [0.29, 0.717) is 17.3 Å². The molecular formula is C18H16N8O. The molecule has 1 aromatic carbocycles. The lowest BCUT2D eigenvalue weighted by Crippen LogP contribution is -2.18. The fourth-order valence-electron chi connectivity index (χ4n) is 2.44. The zero-order valence-corrected chi connectivity index (χ0v) is 14.2. The van der Waals surface area contributed by atoms with Crippen molar-refractivity contribution in [3.8, 4) is 5.82 Å². The van der Waals surface area contributed by atoms with Crippen LogP contribution in [0.15, 0.2) is 73.3 Å². The first-order chi connectivity index (χ1) is 13.3. The molecule has 0 aliphatic heterocycles. The van der Waals surface area contributed by atoms with Crippen LogP contribution in [0.1, 0.15) is 0 Å². The molecule has 2 N–H and O–H groups in total. The molecule has 4 aromatic rings. The van der Waals surface area contributed by atoms with Gasteiger partial charge < -0.3 is 10.6 Å². The maximum absolute atomic E-state index is 12.0. The average molecular weight is 360 g/mol. The Morgan fingerprint density at radius 1 is 0.889 bits per heavy atom. The van der Waals surface area contributed by atoms with Crippen LogP contribution in [0.5, 0.6) is 0 Å². The van der Waals surface area contributed by atoms with Crippen LogP contribution in [-0.4, -0.2) is 35.7 Å². The van der Waals surface area contributed by atoms with Crippen LogP contribution in [0.4, 0.5) is 17.2 Å². The zero-order chi connectivity index (χ0) is 18.5. The highest BCUT2D eigenvalue weighted by Gasteiger charge is 2.05. The number of carbonyl (C=O) groups is 1. The highest BCUT2D eigenvalue weighted by Crippen LogP contribution is 2.17. The third-order valence-corrected chi connectivity index (χ3v) is 3.70. The molecule has 0 radical (unpaired) electrons. The minimum absolute atomic E-state index is 0.139. The first-order valence-corrected chi connectivity index (χ1v) is 8.24. The van der Waals surface area contributed by atoms with Crippen molar-refractivity contribution < 1.29 is 4.79 Å². The van der Waals surface area contributed by atoms with E-state index in [2.05, 4.69) is 31.0 Å². The van der Waals surface area contributed by atoms with E-state index in [4.69, 9.17) is 0 Å². The summed E-state index contributed by atoms with van der Waals surface area (Å²) in [6, 6.07) is 14.6. The van der Waals surface area contributed by atoms with Crippen molar-refractivity contribution in [2.24, 2.45) is 0 Å². The van der Waals surface area contributed by atoms with Gasteiger partial charge in [-0.25, -0.2) is 4.68 Å². The van der Waals surface area contributed by atoms with Gasteiger partial charge in [-0.15, -0.1) is 10.2 Å². The summed E-state index contributed by atoms with van der Waals surface area (Å²) < 4.78 is 3.20. The Morgan fingerprint density at radius 2 is 1.67 bits per heavy atom. The van der Waals surface area contributed by atoms with Crippen molar-refractivity contribution in [2.45, 2.75) is 6.54 Å². The molecule has 9 nitrogen and oxygen atoms in total. The molecule has 0 aliphatic carbocycles. The smallest absolute Gasteiger partial charge is 0.246 e. The Bertz CT molecular complexity index is 993. The second-order valence-electron chi connectivity index (χ2n) is 5.68. The molecule has 3 aromatic heterocycles. The molecule has 0 atom stereocenters. The van der Waals surface area contributed by atoms with Crippen LogP contribution >= 0.6 is 0 Å². The molecule has 0 unspecified atom stereocenters. The minimum atomic E-state index is -0.139. The third-order valence-electron chi connectivity index (χ3n) is 3.70. The SMILES string of the molecule is O=C(Cn1cccn1)Nc1ccc(Nc2ccc(-n3cccn3)nn2)cc1. The second-order valence-corrected chi connectivity index (χ2v) is 5.68. The first kappa shape index (κ1) is 16.5. The summed E-state index contributed by atoms with van der Waals surface area (Å²) in [4.78, 5) is 12.0. The standard InChI is InChI=1S/C18H16N8O/c27-18(13-25-11-1-9-19-25)22-15-5-3-14(4-6-15)21-16-7-8-17(24-23-16)26-12-2-10-20-26/h1-12H,13H2,(H,21,23)(H,22,27). The summed E-state index contributed by atoms with van der Waals surface area (Å²) in [6.07, 6.45) is 6.86. The Kier molecular flexibility index (Phi) is 4.56. The van der Waals surface area contributed by atoms with E-state index in [1.165, 1.54) is 0 Å². The van der Waals surface area contributed by atoms with Crippen LogP contribution in [0.25, 0.3) is 5.82 Å². The molecule has 0 bridgehead atoms. The van der Waals surface area contributed by atoms with Gasteiger partial charge in [-0.3, -0.25) is 9.48 Å². The van der Waals surface area contributed by atoms with E-state index in [-0.39, 0.29) is 12.5 Å². The molecule has 0 fully saturated rings. The van der Waals surface area contributed by atoms with Gasteiger partial charge in [-0.1, -0.05) is 0 Å². The van der Waals surface area contributed by atoms with Crippen molar-refractivity contribution in [3.05, 3.63) is 73.3 Å². The van der Waals surface area contributed by atoms with E-state index in [1.54, 1.807) is 40.2 Å². The normalized spacial score (nSPS) is 10.5. The van der Waals surface area contributed by atoms with Crippen molar-refractivity contribution in [1.82, 2.24) is 29.8 Å². The van der Waals surface area contributed by atoms with Crippen molar-refractivity contribution in [1.29, 1.82) is 0 Å². The summed E-state index contributed by atoms with van der Waals surface area (Å²) in [5.41, 5.74) is 1.54. The highest BCUT2D eigenvalue weighted by atomic mass is 16.2. The van der Waals surface area contributed by atoms with E-state index >= 15 is 0 Å². The molecule has 1 amide bonds. The largest absolute Gasteiger partial charge is 0.339 e. The predicted octanol–water partition coefficient (Wildman–Crippen LogP) is 2.24. The average Bonchev–Trinajstić information content (AvgIpc) is 3.38. The number of hydrogen-bond donors (Lipinski definition) is 2. The lowest BCUT2D eigenvalue weighted by Gasteiger charge is -2.08. The van der Waals surface area contributed by atoms with Crippen molar-refractivity contribution in [2.75, 3.05) is 10.6 Å². The van der Waals surface area contributed by atoms with E-state index in [1.807, 2.05) is 42.5 Å². The van der Waals surface area contributed by atoms with Gasteiger partial charge in [0.1, 0.15) is 6.54 Å². The molecule has 0 saturated carbocycles. The van der Waals surface area contributed by atoms with E-state index < -0.39 is 0 Å². The Balaban J connectivity index is 1.35. The molecule has 3 heterocycles. The fraction of sp³-hybridized carbons (Fsp3) is 0.0556. The van der Waals surface area contributed by atoms with Gasteiger partial charge in [0.2, 0.25) is 5.91 Å². The van der Waals surface area contributed by atoms with Gasteiger partial charge in [0.15, 0.2) is 11.6 Å². The maximum Gasteiger partial charge on any atom is 0.246 e. The second kappa shape index (κ2) is 7.48. The lowest BCUT2D eigenvalue weighted by atomic mass is 10.2. The molecule has 0 spiro atoms. The number of aromatic nitrogens is 6. The zero-order valence-electron chi connectivity index (χ0n) is 14.2. The van der Waals surface area contributed by atoms with Crippen LogP contribution in [0.3, 0.4) is 0 Å². The van der Waals surface area contributed by atoms with Crippen LogP contribution < -0.4 is 10.6 Å². The van der Waals surface area contributed by atoms with Crippen molar-refractivity contribution >= 4 is 23.1 Å². The number of anilines is 3.